The van der Waals surface area contributed by atoms with E-state index in [1.54, 1.807) is 6.26 Å². The lowest BCUT2D eigenvalue weighted by molar-refractivity contribution is 0.604. The minimum Gasteiger partial charge on any atom is -0.465 e. The minimum atomic E-state index is 0. The van der Waals surface area contributed by atoms with Crippen molar-refractivity contribution < 1.29 is 4.42 Å². The van der Waals surface area contributed by atoms with Gasteiger partial charge in [-0.15, -0.1) is 17.0 Å². The monoisotopic (exact) mass is 180 g/mol. The number of hydrogen-bond donors (Lipinski definition) is 0. The average Bonchev–Trinajstić information content (AvgIpc) is 1.86. The van der Waals surface area contributed by atoms with Crippen molar-refractivity contribution in [1.82, 2.24) is 0 Å². The van der Waals surface area contributed by atoms with Crippen molar-refractivity contribution in [2.45, 2.75) is 0 Å². The Morgan fingerprint density at radius 1 is 1.57 bits per heavy atom. The molecule has 1 nitrogen and oxygen atoms in total. The third kappa shape index (κ3) is 2.10. The highest BCUT2D eigenvalue weighted by molar-refractivity contribution is 8.93. The molecule has 0 saturated carbocycles. The van der Waals surface area contributed by atoms with Crippen molar-refractivity contribution in [3.8, 4) is 0 Å². The lowest BCUT2D eigenvalue weighted by Crippen LogP contribution is -1.74. The van der Waals surface area contributed by atoms with Gasteiger partial charge in [-0.05, 0) is 12.1 Å². The van der Waals surface area contributed by atoms with Crippen LogP contribution in [0.1, 0.15) is 0 Å². The topological polar surface area (TPSA) is 13.1 Å². The molecule has 1 aromatic rings. The highest BCUT2D eigenvalue weighted by Gasteiger charge is 1.76. The maximum Gasteiger partial charge on any atom is 0.119 e. The van der Waals surface area contributed by atoms with E-state index in [-0.39, 0.29) is 17.0 Å². The van der Waals surface area contributed by atoms with Gasteiger partial charge in [-0.25, -0.2) is 0 Å². The second-order valence-electron chi connectivity index (χ2n) is 1.02. The van der Waals surface area contributed by atoms with E-state index in [1.807, 2.05) is 12.1 Å². The van der Waals surface area contributed by atoms with Crippen LogP contribution in [0.15, 0.2) is 22.8 Å². The summed E-state index contributed by atoms with van der Waals surface area (Å²) in [6.07, 6.45) is 1.64. The first-order valence-corrected chi connectivity index (χ1v) is 2.26. The van der Waals surface area contributed by atoms with E-state index in [2.05, 4.69) is 9.24 Å². The van der Waals surface area contributed by atoms with E-state index in [4.69, 9.17) is 4.42 Å². The van der Waals surface area contributed by atoms with E-state index in [0.29, 0.717) is 0 Å². The fourth-order valence-corrected chi connectivity index (χ4v) is 0.481. The van der Waals surface area contributed by atoms with Gasteiger partial charge >= 0.3 is 0 Å². The van der Waals surface area contributed by atoms with E-state index in [0.717, 1.165) is 5.50 Å². The van der Waals surface area contributed by atoms with Gasteiger partial charge in [0, 0.05) is 0 Å². The fourth-order valence-electron chi connectivity index (χ4n) is 0.291. The summed E-state index contributed by atoms with van der Waals surface area (Å²) in [7, 11) is 2.45. The van der Waals surface area contributed by atoms with Gasteiger partial charge in [0.15, 0.2) is 0 Å². The van der Waals surface area contributed by atoms with Crippen molar-refractivity contribution in [2.24, 2.45) is 0 Å². The Balaban J connectivity index is 0.000000360. The predicted octanol–water partition coefficient (Wildman–Crippen LogP) is 1.36. The molecule has 40 valence electrons. The van der Waals surface area contributed by atoms with Gasteiger partial charge in [-0.2, -0.15) is 0 Å². The SMILES string of the molecule is Br.Pc1ccco1. The van der Waals surface area contributed by atoms with Crippen LogP contribution in [-0.4, -0.2) is 0 Å². The van der Waals surface area contributed by atoms with Crippen LogP contribution in [0.25, 0.3) is 0 Å². The summed E-state index contributed by atoms with van der Waals surface area (Å²) in [4.78, 5) is 0. The van der Waals surface area contributed by atoms with Gasteiger partial charge in [0.1, 0.15) is 5.50 Å². The Bertz CT molecular complexity index is 115. The third-order valence-electron chi connectivity index (χ3n) is 0.543. The number of furan rings is 1. The zero-order chi connectivity index (χ0) is 4.41. The molecule has 0 amide bonds. The highest BCUT2D eigenvalue weighted by Crippen LogP contribution is 1.86. The minimum absolute atomic E-state index is 0. The van der Waals surface area contributed by atoms with Gasteiger partial charge in [0.2, 0.25) is 0 Å². The summed E-state index contributed by atoms with van der Waals surface area (Å²) in [5, 5.41) is 0. The standard InChI is InChI=1S/C4H5OP.BrH/c6-4-2-1-3-5-4;/h1-3H,6H2;1H. The van der Waals surface area contributed by atoms with Crippen LogP contribution in [0.4, 0.5) is 0 Å². The molecule has 7 heavy (non-hydrogen) atoms. The zero-order valence-corrected chi connectivity index (χ0v) is 6.49. The quantitative estimate of drug-likeness (QED) is 0.550. The van der Waals surface area contributed by atoms with Crippen LogP contribution in [0.3, 0.4) is 0 Å². The van der Waals surface area contributed by atoms with E-state index in [1.165, 1.54) is 0 Å². The summed E-state index contributed by atoms with van der Waals surface area (Å²) in [5.41, 5.74) is 0.884. The molecule has 0 aliphatic rings. The summed E-state index contributed by atoms with van der Waals surface area (Å²) < 4.78 is 4.80. The first kappa shape index (κ1) is 7.19. The molecular formula is C4H6BrOP. The average molecular weight is 181 g/mol. The molecule has 0 bridgehead atoms. The molecule has 0 N–H and O–H groups in total. The molecule has 3 heteroatoms. The first-order valence-electron chi connectivity index (χ1n) is 1.68. The second-order valence-corrected chi connectivity index (χ2v) is 1.58. The van der Waals surface area contributed by atoms with Crippen LogP contribution < -0.4 is 5.50 Å². The van der Waals surface area contributed by atoms with Crippen LogP contribution in [0.5, 0.6) is 0 Å². The van der Waals surface area contributed by atoms with Gasteiger partial charge in [0.05, 0.1) is 6.26 Å². The predicted molar refractivity (Wildman–Crippen MR) is 38.4 cm³/mol. The van der Waals surface area contributed by atoms with Crippen LogP contribution in [0, 0.1) is 0 Å². The Hall–Kier alpha value is 0.190. The van der Waals surface area contributed by atoms with Crippen molar-refractivity contribution in [3.63, 3.8) is 0 Å². The molecule has 1 atom stereocenters. The van der Waals surface area contributed by atoms with Crippen LogP contribution in [-0.2, 0) is 0 Å². The molecule has 0 spiro atoms. The molecule has 0 fully saturated rings. The van der Waals surface area contributed by atoms with Crippen molar-refractivity contribution in [3.05, 3.63) is 18.4 Å². The molecule has 1 heterocycles. The van der Waals surface area contributed by atoms with Crippen molar-refractivity contribution in [2.75, 3.05) is 0 Å². The van der Waals surface area contributed by atoms with Gasteiger partial charge in [-0.3, -0.25) is 0 Å². The number of halogens is 1. The molecular weight excluding hydrogens is 175 g/mol. The Morgan fingerprint density at radius 3 is 2.43 bits per heavy atom. The second kappa shape index (κ2) is 3.23. The Kier molecular flexibility index (Phi) is 3.31. The van der Waals surface area contributed by atoms with Gasteiger partial charge in [0.25, 0.3) is 0 Å². The first-order chi connectivity index (χ1) is 2.89. The molecule has 0 aliphatic heterocycles. The van der Waals surface area contributed by atoms with E-state index < -0.39 is 0 Å². The van der Waals surface area contributed by atoms with Crippen LogP contribution in [0.2, 0.25) is 0 Å². The number of rotatable bonds is 0. The van der Waals surface area contributed by atoms with Crippen molar-refractivity contribution >= 4 is 31.7 Å². The highest BCUT2D eigenvalue weighted by atomic mass is 79.9. The maximum atomic E-state index is 4.80. The molecule has 0 aromatic carbocycles. The molecule has 0 saturated heterocycles. The smallest absolute Gasteiger partial charge is 0.119 e. The normalized spacial score (nSPS) is 7.57. The number of hydrogen-bond acceptors (Lipinski definition) is 1. The summed E-state index contributed by atoms with van der Waals surface area (Å²) in [5.74, 6) is 0. The van der Waals surface area contributed by atoms with Crippen molar-refractivity contribution in [1.29, 1.82) is 0 Å². The third-order valence-corrected chi connectivity index (χ3v) is 0.872. The molecule has 1 unspecified atom stereocenters. The molecule has 0 aliphatic carbocycles. The molecule has 1 rings (SSSR count). The zero-order valence-electron chi connectivity index (χ0n) is 3.63. The van der Waals surface area contributed by atoms with Crippen LogP contribution >= 0.6 is 26.2 Å². The lowest BCUT2D eigenvalue weighted by atomic mass is 10.7. The summed E-state index contributed by atoms with van der Waals surface area (Å²) in [6, 6.07) is 3.73. The Morgan fingerprint density at radius 2 is 2.29 bits per heavy atom. The van der Waals surface area contributed by atoms with E-state index >= 15 is 0 Å². The maximum absolute atomic E-state index is 4.80. The summed E-state index contributed by atoms with van der Waals surface area (Å²) >= 11 is 0. The lowest BCUT2D eigenvalue weighted by Gasteiger charge is -1.69. The Labute approximate surface area is 55.1 Å². The van der Waals surface area contributed by atoms with Gasteiger partial charge in [-0.1, -0.05) is 9.24 Å². The largest absolute Gasteiger partial charge is 0.465 e. The molecule has 0 radical (unpaired) electrons. The molecule has 1 aromatic heterocycles. The van der Waals surface area contributed by atoms with Gasteiger partial charge < -0.3 is 4.42 Å². The fraction of sp³-hybridized carbons (Fsp3) is 0. The summed E-state index contributed by atoms with van der Waals surface area (Å²) in [6.45, 7) is 0. The van der Waals surface area contributed by atoms with E-state index in [9.17, 15) is 0 Å².